The number of nitrogens with one attached hydrogen (secondary N) is 1. The second-order valence-electron chi connectivity index (χ2n) is 5.92. The molecule has 4 unspecified atom stereocenters. The Morgan fingerprint density at radius 2 is 2.00 bits per heavy atom. The van der Waals surface area contributed by atoms with Crippen LogP contribution in [0, 0.1) is 17.8 Å². The van der Waals surface area contributed by atoms with Crippen molar-refractivity contribution in [3.05, 3.63) is 28.8 Å². The van der Waals surface area contributed by atoms with E-state index in [1.807, 2.05) is 0 Å². The number of aliphatic carboxylic acids is 1. The molecule has 112 valence electrons. The quantitative estimate of drug-likeness (QED) is 0.796. The fourth-order valence-electron chi connectivity index (χ4n) is 3.88. The van der Waals surface area contributed by atoms with Crippen LogP contribution in [0.5, 0.6) is 0 Å². The van der Waals surface area contributed by atoms with Crippen LogP contribution in [0.1, 0.15) is 29.6 Å². The predicted octanol–water partition coefficient (Wildman–Crippen LogP) is 2.35. The Hall–Kier alpha value is -1.75. The van der Waals surface area contributed by atoms with Gasteiger partial charge in [-0.05, 0) is 49.3 Å². The number of amides is 1. The molecule has 0 spiro atoms. The fourth-order valence-corrected chi connectivity index (χ4v) is 4.06. The van der Waals surface area contributed by atoms with Gasteiger partial charge in [0.25, 0.3) is 5.91 Å². The highest BCUT2D eigenvalue weighted by Crippen LogP contribution is 2.49. The van der Waals surface area contributed by atoms with Gasteiger partial charge in [-0.2, -0.15) is 0 Å². The minimum atomic E-state index is -0.776. The molecule has 0 saturated heterocycles. The summed E-state index contributed by atoms with van der Waals surface area (Å²) in [4.78, 5) is 23.0. The lowest BCUT2D eigenvalue weighted by molar-refractivity contribution is -0.143. The minimum absolute atomic E-state index is 0.169. The number of carbonyl (C=O) groups excluding carboxylic acids is 1. The number of carboxylic acids is 1. The standard InChI is InChI=1S/C15H17ClN2O3/c16-9-3-4-10(14(17)19)11(6-9)18-13-8-2-1-7(5-8)12(13)15(20)21/h3-4,6-8,12-13,18H,1-2,5H2,(H2,17,19)(H,20,21). The lowest BCUT2D eigenvalue weighted by Gasteiger charge is -2.30. The lowest BCUT2D eigenvalue weighted by Crippen LogP contribution is -2.39. The Morgan fingerprint density at radius 1 is 1.29 bits per heavy atom. The molecule has 0 aromatic heterocycles. The first-order chi connectivity index (χ1) is 9.97. The molecule has 1 aromatic carbocycles. The highest BCUT2D eigenvalue weighted by molar-refractivity contribution is 6.31. The molecule has 1 aromatic rings. The topological polar surface area (TPSA) is 92.4 Å². The molecule has 5 nitrogen and oxygen atoms in total. The summed E-state index contributed by atoms with van der Waals surface area (Å²) < 4.78 is 0. The molecule has 4 atom stereocenters. The molecule has 2 aliphatic rings. The van der Waals surface area contributed by atoms with Gasteiger partial charge in [0, 0.05) is 16.8 Å². The number of halogens is 1. The number of nitrogens with two attached hydrogens (primary N) is 1. The van der Waals surface area contributed by atoms with Crippen LogP contribution in [0.25, 0.3) is 0 Å². The SMILES string of the molecule is NC(=O)c1ccc(Cl)cc1NC1C2CCC(C2)C1C(=O)O. The summed E-state index contributed by atoms with van der Waals surface area (Å²) in [7, 11) is 0. The molecule has 21 heavy (non-hydrogen) atoms. The van der Waals surface area contributed by atoms with Crippen molar-refractivity contribution in [2.24, 2.45) is 23.5 Å². The minimum Gasteiger partial charge on any atom is -0.481 e. The Morgan fingerprint density at radius 3 is 2.67 bits per heavy atom. The Balaban J connectivity index is 1.91. The number of carboxylic acid groups (broad SMARTS) is 1. The highest BCUT2D eigenvalue weighted by Gasteiger charge is 2.51. The summed E-state index contributed by atoms with van der Waals surface area (Å²) in [6.07, 6.45) is 2.93. The number of fused-ring (bicyclic) bond motifs is 2. The van der Waals surface area contributed by atoms with E-state index >= 15 is 0 Å². The van der Waals surface area contributed by atoms with Crippen molar-refractivity contribution in [3.8, 4) is 0 Å². The van der Waals surface area contributed by atoms with E-state index in [1.165, 1.54) is 0 Å². The number of benzene rings is 1. The zero-order chi connectivity index (χ0) is 15.1. The van der Waals surface area contributed by atoms with Gasteiger partial charge < -0.3 is 16.2 Å². The molecule has 1 amide bonds. The van der Waals surface area contributed by atoms with Crippen LogP contribution in [-0.2, 0) is 4.79 Å². The van der Waals surface area contributed by atoms with Gasteiger partial charge >= 0.3 is 5.97 Å². The zero-order valence-electron chi connectivity index (χ0n) is 11.4. The first-order valence-electron chi connectivity index (χ1n) is 7.06. The van der Waals surface area contributed by atoms with Gasteiger partial charge in [0.2, 0.25) is 0 Å². The van der Waals surface area contributed by atoms with E-state index in [4.69, 9.17) is 17.3 Å². The highest BCUT2D eigenvalue weighted by atomic mass is 35.5. The monoisotopic (exact) mass is 308 g/mol. The number of hydrogen-bond acceptors (Lipinski definition) is 3. The van der Waals surface area contributed by atoms with Crippen LogP contribution in [-0.4, -0.2) is 23.0 Å². The van der Waals surface area contributed by atoms with Crippen LogP contribution >= 0.6 is 11.6 Å². The average molecular weight is 309 g/mol. The van der Waals surface area contributed by atoms with E-state index in [0.717, 1.165) is 19.3 Å². The Bertz CT molecular complexity index is 605. The van der Waals surface area contributed by atoms with Crippen molar-refractivity contribution in [3.63, 3.8) is 0 Å². The lowest BCUT2D eigenvalue weighted by atomic mass is 9.84. The number of primary amides is 1. The van der Waals surface area contributed by atoms with Crippen molar-refractivity contribution in [2.75, 3.05) is 5.32 Å². The van der Waals surface area contributed by atoms with Crippen molar-refractivity contribution in [2.45, 2.75) is 25.3 Å². The van der Waals surface area contributed by atoms with Gasteiger partial charge in [0.05, 0.1) is 11.5 Å². The van der Waals surface area contributed by atoms with Crippen molar-refractivity contribution in [1.82, 2.24) is 0 Å². The normalized spacial score (nSPS) is 30.3. The molecular weight excluding hydrogens is 292 g/mol. The van der Waals surface area contributed by atoms with Gasteiger partial charge in [0.15, 0.2) is 0 Å². The van der Waals surface area contributed by atoms with Crippen LogP contribution in [0.2, 0.25) is 5.02 Å². The fraction of sp³-hybridized carbons (Fsp3) is 0.467. The van der Waals surface area contributed by atoms with E-state index in [1.54, 1.807) is 18.2 Å². The summed E-state index contributed by atoms with van der Waals surface area (Å²) in [6, 6.07) is 4.63. The van der Waals surface area contributed by atoms with Gasteiger partial charge in [0.1, 0.15) is 0 Å². The van der Waals surface area contributed by atoms with Crippen LogP contribution < -0.4 is 11.1 Å². The molecule has 4 N–H and O–H groups in total. The first kappa shape index (κ1) is 14.2. The van der Waals surface area contributed by atoms with Gasteiger partial charge in [-0.25, -0.2) is 0 Å². The maximum atomic E-state index is 11.5. The molecule has 2 aliphatic carbocycles. The van der Waals surface area contributed by atoms with Crippen molar-refractivity contribution < 1.29 is 14.7 Å². The third-order valence-electron chi connectivity index (χ3n) is 4.77. The van der Waals surface area contributed by atoms with Crippen LogP contribution in [0.15, 0.2) is 18.2 Å². The third-order valence-corrected chi connectivity index (χ3v) is 5.01. The Kier molecular flexibility index (Phi) is 3.53. The number of hydrogen-bond donors (Lipinski definition) is 3. The number of carbonyl (C=O) groups is 2. The zero-order valence-corrected chi connectivity index (χ0v) is 12.1. The van der Waals surface area contributed by atoms with Crippen molar-refractivity contribution >= 4 is 29.2 Å². The summed E-state index contributed by atoms with van der Waals surface area (Å²) in [5.41, 5.74) is 6.24. The van der Waals surface area contributed by atoms with E-state index in [9.17, 15) is 14.7 Å². The molecule has 0 radical (unpaired) electrons. The summed E-state index contributed by atoms with van der Waals surface area (Å²) in [6.45, 7) is 0. The summed E-state index contributed by atoms with van der Waals surface area (Å²) in [5, 5.41) is 13.2. The van der Waals surface area contributed by atoms with Crippen molar-refractivity contribution in [1.29, 1.82) is 0 Å². The maximum absolute atomic E-state index is 11.5. The Labute approximate surface area is 127 Å². The van der Waals surface area contributed by atoms with Crippen LogP contribution in [0.3, 0.4) is 0 Å². The van der Waals surface area contributed by atoms with E-state index in [0.29, 0.717) is 22.2 Å². The van der Waals surface area contributed by atoms with Gasteiger partial charge in [-0.3, -0.25) is 9.59 Å². The smallest absolute Gasteiger partial charge is 0.308 e. The molecular formula is C15H17ClN2O3. The molecule has 2 saturated carbocycles. The number of anilines is 1. The van der Waals surface area contributed by atoms with E-state index in [-0.39, 0.29) is 12.0 Å². The van der Waals surface area contributed by atoms with Gasteiger partial charge in [-0.15, -0.1) is 0 Å². The second-order valence-corrected chi connectivity index (χ2v) is 6.36. The van der Waals surface area contributed by atoms with Crippen LogP contribution in [0.4, 0.5) is 5.69 Å². The molecule has 2 fully saturated rings. The predicted molar refractivity (Wildman–Crippen MR) is 79.3 cm³/mol. The largest absolute Gasteiger partial charge is 0.481 e. The molecule has 3 rings (SSSR count). The van der Waals surface area contributed by atoms with Gasteiger partial charge in [-0.1, -0.05) is 11.6 Å². The molecule has 2 bridgehead atoms. The molecule has 0 heterocycles. The summed E-state index contributed by atoms with van der Waals surface area (Å²) in [5.74, 6) is -1.19. The molecule has 0 aliphatic heterocycles. The maximum Gasteiger partial charge on any atom is 0.308 e. The second kappa shape index (κ2) is 5.22. The molecule has 6 heteroatoms. The van der Waals surface area contributed by atoms with E-state index < -0.39 is 17.8 Å². The average Bonchev–Trinajstić information content (AvgIpc) is 2.98. The summed E-state index contributed by atoms with van der Waals surface area (Å²) >= 11 is 5.98. The first-order valence-corrected chi connectivity index (χ1v) is 7.44. The van der Waals surface area contributed by atoms with E-state index in [2.05, 4.69) is 5.32 Å². The third kappa shape index (κ3) is 2.46. The number of rotatable bonds is 4.